The van der Waals surface area contributed by atoms with Crippen molar-refractivity contribution >= 4 is 5.91 Å². The molecule has 0 N–H and O–H groups in total. The maximum atomic E-state index is 13.1. The van der Waals surface area contributed by atoms with Crippen molar-refractivity contribution in [2.45, 2.75) is 38.1 Å². The number of benzene rings is 1. The summed E-state index contributed by atoms with van der Waals surface area (Å²) in [6.07, 6.45) is 6.20. The van der Waals surface area contributed by atoms with Gasteiger partial charge in [0.25, 0.3) is 5.91 Å². The predicted octanol–water partition coefficient (Wildman–Crippen LogP) is 2.63. The van der Waals surface area contributed by atoms with E-state index in [9.17, 15) is 9.18 Å². The lowest BCUT2D eigenvalue weighted by atomic mass is 9.71. The molecule has 0 bridgehead atoms. The van der Waals surface area contributed by atoms with E-state index >= 15 is 0 Å². The Labute approximate surface area is 175 Å². The topological polar surface area (TPSA) is 69.5 Å². The largest absolute Gasteiger partial charge is 0.484 e. The summed E-state index contributed by atoms with van der Waals surface area (Å²) in [4.78, 5) is 14.9. The van der Waals surface area contributed by atoms with Gasteiger partial charge in [-0.1, -0.05) is 0 Å². The van der Waals surface area contributed by atoms with E-state index in [4.69, 9.17) is 9.47 Å². The highest BCUT2D eigenvalue weighted by molar-refractivity contribution is 5.78. The lowest BCUT2D eigenvalue weighted by molar-refractivity contribution is -0.133. The molecular formula is C22H27FN4O3. The number of rotatable bonds is 6. The van der Waals surface area contributed by atoms with Gasteiger partial charge in [0.1, 0.15) is 23.7 Å². The fourth-order valence-electron chi connectivity index (χ4n) is 4.82. The first kappa shape index (κ1) is 19.5. The van der Waals surface area contributed by atoms with Crippen molar-refractivity contribution in [3.8, 4) is 5.75 Å². The third-order valence-corrected chi connectivity index (χ3v) is 6.77. The van der Waals surface area contributed by atoms with Crippen molar-refractivity contribution in [1.29, 1.82) is 0 Å². The van der Waals surface area contributed by atoms with Crippen LogP contribution >= 0.6 is 0 Å². The van der Waals surface area contributed by atoms with Gasteiger partial charge in [0, 0.05) is 44.2 Å². The Hall–Kier alpha value is -2.48. The number of carbonyl (C=O) groups excluding carboxylic acids is 1. The number of hydrogen-bond donors (Lipinski definition) is 0. The average molecular weight is 414 g/mol. The highest BCUT2D eigenvalue weighted by atomic mass is 19.1. The minimum absolute atomic E-state index is 0.0296. The standard InChI is InChI=1S/C22H27FN4O3/c23-17-3-5-18(6-4-17)30-13-20(28)26-12-19(22(14-26)7-9-29-10-8-22)21-25-24-15-27(21)11-16-1-2-16/h3-6,15-16,19H,1-2,7-14H2. The van der Waals surface area contributed by atoms with E-state index in [0.717, 1.165) is 31.1 Å². The summed E-state index contributed by atoms with van der Waals surface area (Å²) in [5.41, 5.74) is -0.0296. The van der Waals surface area contributed by atoms with Crippen LogP contribution in [0.4, 0.5) is 4.39 Å². The van der Waals surface area contributed by atoms with Gasteiger partial charge < -0.3 is 18.9 Å². The van der Waals surface area contributed by atoms with E-state index in [1.807, 2.05) is 11.2 Å². The molecule has 2 aromatic rings. The maximum Gasteiger partial charge on any atom is 0.260 e. The summed E-state index contributed by atoms with van der Waals surface area (Å²) in [5, 5.41) is 8.69. The van der Waals surface area contributed by atoms with Crippen LogP contribution in [0.1, 0.15) is 37.4 Å². The first-order chi connectivity index (χ1) is 14.6. The van der Waals surface area contributed by atoms with Gasteiger partial charge in [0.05, 0.1) is 0 Å². The van der Waals surface area contributed by atoms with Gasteiger partial charge in [-0.2, -0.15) is 0 Å². The molecule has 0 radical (unpaired) electrons. The average Bonchev–Trinajstić information content (AvgIpc) is 3.34. The molecule has 160 valence electrons. The molecule has 3 heterocycles. The number of hydrogen-bond acceptors (Lipinski definition) is 5. The molecule has 5 rings (SSSR count). The molecule has 7 nitrogen and oxygen atoms in total. The molecule has 3 aliphatic rings. The van der Waals surface area contributed by atoms with Crippen LogP contribution < -0.4 is 4.74 Å². The molecule has 1 aromatic heterocycles. The van der Waals surface area contributed by atoms with E-state index in [2.05, 4.69) is 14.8 Å². The number of carbonyl (C=O) groups is 1. The molecule has 3 fully saturated rings. The second-order valence-corrected chi connectivity index (χ2v) is 8.83. The Balaban J connectivity index is 1.31. The minimum Gasteiger partial charge on any atom is -0.484 e. The number of amides is 1. The first-order valence-corrected chi connectivity index (χ1v) is 10.7. The fraction of sp³-hybridized carbons (Fsp3) is 0.591. The van der Waals surface area contributed by atoms with Crippen LogP contribution in [0.15, 0.2) is 30.6 Å². The number of aromatic nitrogens is 3. The van der Waals surface area contributed by atoms with Gasteiger partial charge in [0.15, 0.2) is 6.61 Å². The van der Waals surface area contributed by atoms with Crippen LogP contribution in [0.3, 0.4) is 0 Å². The van der Waals surface area contributed by atoms with Gasteiger partial charge in [-0.3, -0.25) is 4.79 Å². The molecule has 30 heavy (non-hydrogen) atoms. The van der Waals surface area contributed by atoms with Crippen LogP contribution in [0.25, 0.3) is 0 Å². The zero-order valence-electron chi connectivity index (χ0n) is 17.0. The Morgan fingerprint density at radius 1 is 1.23 bits per heavy atom. The monoisotopic (exact) mass is 414 g/mol. The Bertz CT molecular complexity index is 890. The molecule has 1 saturated carbocycles. The van der Waals surface area contributed by atoms with Gasteiger partial charge in [-0.25, -0.2) is 4.39 Å². The van der Waals surface area contributed by atoms with Crippen LogP contribution in [0, 0.1) is 17.2 Å². The molecule has 1 atom stereocenters. The van der Waals surface area contributed by atoms with Crippen molar-refractivity contribution < 1.29 is 18.7 Å². The van der Waals surface area contributed by atoms with Gasteiger partial charge >= 0.3 is 0 Å². The Morgan fingerprint density at radius 2 is 2.00 bits per heavy atom. The minimum atomic E-state index is -0.326. The third-order valence-electron chi connectivity index (χ3n) is 6.77. The molecule has 1 aliphatic carbocycles. The molecule has 1 unspecified atom stereocenters. The van der Waals surface area contributed by atoms with E-state index in [-0.39, 0.29) is 29.7 Å². The number of ether oxygens (including phenoxy) is 2. The third kappa shape index (κ3) is 3.93. The second-order valence-electron chi connectivity index (χ2n) is 8.83. The molecule has 1 spiro atoms. The van der Waals surface area contributed by atoms with Crippen LogP contribution in [0.5, 0.6) is 5.75 Å². The zero-order valence-corrected chi connectivity index (χ0v) is 17.0. The fourth-order valence-corrected chi connectivity index (χ4v) is 4.82. The predicted molar refractivity (Wildman–Crippen MR) is 106 cm³/mol. The maximum absolute atomic E-state index is 13.1. The molecule has 1 amide bonds. The highest BCUT2D eigenvalue weighted by Gasteiger charge is 2.51. The van der Waals surface area contributed by atoms with Gasteiger partial charge in [-0.05, 0) is 55.9 Å². The van der Waals surface area contributed by atoms with E-state index in [0.29, 0.717) is 32.1 Å². The molecule has 2 saturated heterocycles. The smallest absolute Gasteiger partial charge is 0.260 e. The SMILES string of the molecule is O=C(COc1ccc(F)cc1)N1CC(c2nncn2CC2CC2)C2(CCOCC2)C1. The normalized spacial score (nSPS) is 23.1. The molecular weight excluding hydrogens is 387 g/mol. The summed E-state index contributed by atoms with van der Waals surface area (Å²) >= 11 is 0. The summed E-state index contributed by atoms with van der Waals surface area (Å²) in [6, 6.07) is 5.73. The quantitative estimate of drug-likeness (QED) is 0.727. The Kier molecular flexibility index (Phi) is 5.18. The van der Waals surface area contributed by atoms with E-state index in [1.165, 1.54) is 37.1 Å². The van der Waals surface area contributed by atoms with Gasteiger partial charge in [0.2, 0.25) is 0 Å². The summed E-state index contributed by atoms with van der Waals surface area (Å²) in [7, 11) is 0. The zero-order chi connectivity index (χ0) is 20.6. The first-order valence-electron chi connectivity index (χ1n) is 10.7. The Morgan fingerprint density at radius 3 is 2.73 bits per heavy atom. The number of likely N-dealkylation sites (tertiary alicyclic amines) is 1. The second kappa shape index (κ2) is 7.98. The van der Waals surface area contributed by atoms with Gasteiger partial charge in [-0.15, -0.1) is 10.2 Å². The number of halogens is 1. The summed E-state index contributed by atoms with van der Waals surface area (Å²) in [5.74, 6) is 1.99. The highest BCUT2D eigenvalue weighted by Crippen LogP contribution is 2.49. The van der Waals surface area contributed by atoms with E-state index in [1.54, 1.807) is 0 Å². The molecule has 1 aromatic carbocycles. The van der Waals surface area contributed by atoms with E-state index < -0.39 is 0 Å². The van der Waals surface area contributed by atoms with Crippen molar-refractivity contribution in [3.63, 3.8) is 0 Å². The molecule has 2 aliphatic heterocycles. The van der Waals surface area contributed by atoms with Crippen LogP contribution in [-0.2, 0) is 16.1 Å². The number of nitrogens with zero attached hydrogens (tertiary/aromatic N) is 4. The van der Waals surface area contributed by atoms with Crippen molar-refractivity contribution in [3.05, 3.63) is 42.2 Å². The summed E-state index contributed by atoms with van der Waals surface area (Å²) < 4.78 is 26.5. The molecule has 8 heteroatoms. The van der Waals surface area contributed by atoms with Crippen molar-refractivity contribution in [2.24, 2.45) is 11.3 Å². The lowest BCUT2D eigenvalue weighted by Crippen LogP contribution is -2.38. The van der Waals surface area contributed by atoms with Crippen LogP contribution in [0.2, 0.25) is 0 Å². The van der Waals surface area contributed by atoms with Crippen LogP contribution in [-0.4, -0.2) is 58.5 Å². The van der Waals surface area contributed by atoms with Crippen molar-refractivity contribution in [1.82, 2.24) is 19.7 Å². The summed E-state index contributed by atoms with van der Waals surface area (Å²) in [6.45, 7) is 3.63. The lowest BCUT2D eigenvalue weighted by Gasteiger charge is -2.37. The van der Waals surface area contributed by atoms with Crippen molar-refractivity contribution in [2.75, 3.05) is 32.9 Å².